The number of aromatic nitrogens is 3. The number of benzene rings is 1. The van der Waals surface area contributed by atoms with E-state index < -0.39 is 8.32 Å². The summed E-state index contributed by atoms with van der Waals surface area (Å²) in [6.45, 7) is 12.2. The molecule has 0 radical (unpaired) electrons. The second kappa shape index (κ2) is 10.4. The number of fused-ring (bicyclic) bond motifs is 1. The molecule has 0 fully saturated rings. The number of hydrogen-bond donors (Lipinski definition) is 2. The SMILES string of the molecule is COc1cc(C(=O)NCCCO[Si](C)(C)C(C)(C)C)ccc1NC(=O)c1cnn2cccnc12. The summed E-state index contributed by atoms with van der Waals surface area (Å²) in [4.78, 5) is 29.6. The molecule has 9 nitrogen and oxygen atoms in total. The van der Waals surface area contributed by atoms with Crippen molar-refractivity contribution < 1.29 is 18.8 Å². The van der Waals surface area contributed by atoms with Crippen LogP contribution in [0.1, 0.15) is 47.9 Å². The highest BCUT2D eigenvalue weighted by Gasteiger charge is 2.36. The first-order valence-electron chi connectivity index (χ1n) is 11.2. The van der Waals surface area contributed by atoms with Gasteiger partial charge in [0.25, 0.3) is 11.8 Å². The first-order chi connectivity index (χ1) is 16.0. The Bertz CT molecular complexity index is 1170. The van der Waals surface area contributed by atoms with Crippen LogP contribution in [-0.2, 0) is 4.43 Å². The highest BCUT2D eigenvalue weighted by molar-refractivity contribution is 6.74. The van der Waals surface area contributed by atoms with Gasteiger partial charge in [-0.05, 0) is 48.8 Å². The molecule has 0 aliphatic carbocycles. The molecule has 0 saturated heterocycles. The Morgan fingerprint density at radius 1 is 1.18 bits per heavy atom. The molecule has 0 spiro atoms. The highest BCUT2D eigenvalue weighted by Crippen LogP contribution is 2.36. The zero-order valence-corrected chi connectivity index (χ0v) is 21.6. The molecule has 2 amide bonds. The summed E-state index contributed by atoms with van der Waals surface area (Å²) in [5.41, 5.74) is 1.68. The van der Waals surface area contributed by atoms with E-state index in [9.17, 15) is 9.59 Å². The van der Waals surface area contributed by atoms with E-state index in [2.05, 4.69) is 54.6 Å². The average Bonchev–Trinajstić information content (AvgIpc) is 3.22. The summed E-state index contributed by atoms with van der Waals surface area (Å²) >= 11 is 0. The normalized spacial score (nSPS) is 11.9. The second-order valence-corrected chi connectivity index (χ2v) is 14.3. The van der Waals surface area contributed by atoms with Crippen LogP contribution in [0.4, 0.5) is 5.69 Å². The molecule has 2 heterocycles. The minimum Gasteiger partial charge on any atom is -0.495 e. The topological polar surface area (TPSA) is 107 Å². The Labute approximate surface area is 201 Å². The number of carbonyl (C=O) groups is 2. The van der Waals surface area contributed by atoms with Crippen molar-refractivity contribution in [3.8, 4) is 5.75 Å². The van der Waals surface area contributed by atoms with Crippen molar-refractivity contribution in [2.75, 3.05) is 25.6 Å². The maximum Gasteiger partial charge on any atom is 0.261 e. The molecule has 0 saturated carbocycles. The van der Waals surface area contributed by atoms with Crippen LogP contribution >= 0.6 is 0 Å². The van der Waals surface area contributed by atoms with E-state index in [1.54, 1.807) is 36.7 Å². The van der Waals surface area contributed by atoms with Crippen LogP contribution in [0.3, 0.4) is 0 Å². The molecule has 1 aromatic carbocycles. The van der Waals surface area contributed by atoms with E-state index in [1.807, 2.05) is 0 Å². The zero-order chi connectivity index (χ0) is 24.9. The van der Waals surface area contributed by atoms with Crippen LogP contribution in [0.2, 0.25) is 18.1 Å². The standard InChI is InChI=1S/C24H33N5O4Si/c1-24(2,3)34(5,6)33-14-8-12-26-22(30)17-9-10-19(20(15-17)32-4)28-23(31)18-16-27-29-13-7-11-25-21(18)29/h7,9-11,13,15-16H,8,12,14H2,1-6H3,(H,26,30)(H,28,31). The van der Waals surface area contributed by atoms with Crippen molar-refractivity contribution in [3.63, 3.8) is 0 Å². The fourth-order valence-corrected chi connectivity index (χ4v) is 4.12. The molecule has 34 heavy (non-hydrogen) atoms. The number of carbonyl (C=O) groups excluding carboxylic acids is 2. The number of hydrogen-bond acceptors (Lipinski definition) is 6. The molecule has 0 unspecified atom stereocenters. The van der Waals surface area contributed by atoms with Gasteiger partial charge in [0, 0.05) is 31.1 Å². The largest absolute Gasteiger partial charge is 0.495 e. The third-order valence-electron chi connectivity index (χ3n) is 6.11. The number of nitrogens with zero attached hydrogens (tertiary/aromatic N) is 3. The Morgan fingerprint density at radius 2 is 1.94 bits per heavy atom. The maximum atomic E-state index is 12.8. The lowest BCUT2D eigenvalue weighted by Gasteiger charge is -2.36. The first kappa shape index (κ1) is 25.4. The Hall–Kier alpha value is -3.24. The van der Waals surface area contributed by atoms with Gasteiger partial charge in [0.2, 0.25) is 0 Å². The summed E-state index contributed by atoms with van der Waals surface area (Å²) in [7, 11) is -0.299. The predicted octanol–water partition coefficient (Wildman–Crippen LogP) is 4.13. The molecule has 0 atom stereocenters. The van der Waals surface area contributed by atoms with Crippen LogP contribution in [0.15, 0.2) is 42.9 Å². The van der Waals surface area contributed by atoms with Gasteiger partial charge in [-0.1, -0.05) is 20.8 Å². The highest BCUT2D eigenvalue weighted by atomic mass is 28.4. The van der Waals surface area contributed by atoms with Gasteiger partial charge in [0.05, 0.1) is 19.0 Å². The predicted molar refractivity (Wildman–Crippen MR) is 134 cm³/mol. The molecule has 0 aliphatic heterocycles. The van der Waals surface area contributed by atoms with Crippen LogP contribution in [0.5, 0.6) is 5.75 Å². The van der Waals surface area contributed by atoms with Gasteiger partial charge in [-0.25, -0.2) is 9.50 Å². The number of nitrogens with one attached hydrogen (secondary N) is 2. The monoisotopic (exact) mass is 483 g/mol. The Balaban J connectivity index is 1.58. The summed E-state index contributed by atoms with van der Waals surface area (Å²) in [6.07, 6.45) is 5.51. The molecule has 3 rings (SSSR count). The summed E-state index contributed by atoms with van der Waals surface area (Å²) in [5.74, 6) is -0.201. The molecular weight excluding hydrogens is 450 g/mol. The van der Waals surface area contributed by atoms with Crippen LogP contribution < -0.4 is 15.4 Å². The molecule has 2 N–H and O–H groups in total. The van der Waals surface area contributed by atoms with Gasteiger partial charge in [0.15, 0.2) is 14.0 Å². The second-order valence-electron chi connectivity index (χ2n) is 9.53. The average molecular weight is 484 g/mol. The molecule has 10 heteroatoms. The van der Waals surface area contributed by atoms with E-state index in [4.69, 9.17) is 9.16 Å². The van der Waals surface area contributed by atoms with Crippen molar-refractivity contribution in [1.29, 1.82) is 0 Å². The quantitative estimate of drug-likeness (QED) is 0.350. The molecule has 3 aromatic rings. The molecular formula is C24H33N5O4Si. The van der Waals surface area contributed by atoms with Gasteiger partial charge in [-0.15, -0.1) is 0 Å². The van der Waals surface area contributed by atoms with E-state index in [-0.39, 0.29) is 16.9 Å². The fraction of sp³-hybridized carbons (Fsp3) is 0.417. The fourth-order valence-electron chi connectivity index (χ4n) is 3.03. The van der Waals surface area contributed by atoms with E-state index in [0.29, 0.717) is 41.4 Å². The Morgan fingerprint density at radius 3 is 2.65 bits per heavy atom. The van der Waals surface area contributed by atoms with Gasteiger partial charge >= 0.3 is 0 Å². The first-order valence-corrected chi connectivity index (χ1v) is 14.1. The summed E-state index contributed by atoms with van der Waals surface area (Å²) < 4.78 is 13.1. The lowest BCUT2D eigenvalue weighted by molar-refractivity contribution is 0.0950. The van der Waals surface area contributed by atoms with Crippen LogP contribution in [0, 0.1) is 0 Å². The minimum atomic E-state index is -1.79. The van der Waals surface area contributed by atoms with E-state index in [0.717, 1.165) is 6.42 Å². The van der Waals surface area contributed by atoms with E-state index in [1.165, 1.54) is 17.8 Å². The molecule has 0 bridgehead atoms. The number of rotatable bonds is 9. The van der Waals surface area contributed by atoms with Gasteiger partial charge in [0.1, 0.15) is 11.3 Å². The minimum absolute atomic E-state index is 0.159. The van der Waals surface area contributed by atoms with Gasteiger partial charge in [-0.3, -0.25) is 9.59 Å². The van der Waals surface area contributed by atoms with Crippen molar-refractivity contribution >= 4 is 31.5 Å². The third kappa shape index (κ3) is 5.81. The third-order valence-corrected chi connectivity index (χ3v) is 10.6. The lowest BCUT2D eigenvalue weighted by atomic mass is 10.1. The lowest BCUT2D eigenvalue weighted by Crippen LogP contribution is -2.41. The van der Waals surface area contributed by atoms with Gasteiger partial charge in [-0.2, -0.15) is 5.10 Å². The molecule has 0 aliphatic rings. The smallest absolute Gasteiger partial charge is 0.261 e. The number of anilines is 1. The van der Waals surface area contributed by atoms with Crippen molar-refractivity contribution in [2.45, 2.75) is 45.3 Å². The maximum absolute atomic E-state index is 12.8. The summed E-state index contributed by atoms with van der Waals surface area (Å²) in [6, 6.07) is 6.63. The van der Waals surface area contributed by atoms with Crippen molar-refractivity contribution in [1.82, 2.24) is 19.9 Å². The molecule has 2 aromatic heterocycles. The zero-order valence-electron chi connectivity index (χ0n) is 20.6. The Kier molecular flexibility index (Phi) is 7.73. The van der Waals surface area contributed by atoms with Gasteiger partial charge < -0.3 is 19.8 Å². The van der Waals surface area contributed by atoms with E-state index >= 15 is 0 Å². The molecule has 182 valence electrons. The van der Waals surface area contributed by atoms with Crippen LogP contribution in [0.25, 0.3) is 5.65 Å². The number of methoxy groups -OCH3 is 1. The number of ether oxygens (including phenoxy) is 1. The van der Waals surface area contributed by atoms with Crippen molar-refractivity contribution in [2.24, 2.45) is 0 Å². The van der Waals surface area contributed by atoms with Crippen LogP contribution in [-0.4, -0.2) is 55.0 Å². The van der Waals surface area contributed by atoms with Crippen molar-refractivity contribution in [3.05, 3.63) is 54.0 Å². The number of amides is 2. The summed E-state index contributed by atoms with van der Waals surface area (Å²) in [5, 5.41) is 10.0.